The number of phenolic OH excluding ortho intramolecular Hbond substituents is 1. The number of hydrogen-bond donors (Lipinski definition) is 1. The van der Waals surface area contributed by atoms with Gasteiger partial charge in [-0.15, -0.1) is 13.2 Å². The molecule has 3 heteroatoms. The van der Waals surface area contributed by atoms with Crippen molar-refractivity contribution < 1.29 is 5.11 Å². The van der Waals surface area contributed by atoms with E-state index in [0.717, 1.165) is 35.6 Å². The molecule has 0 amide bonds. The van der Waals surface area contributed by atoms with Crippen molar-refractivity contribution >= 4 is 17.6 Å². The number of nitrogens with zero attached hydrogens (tertiary/aromatic N) is 2. The minimum absolute atomic E-state index is 0.0162. The normalized spacial score (nSPS) is 12.2. The van der Waals surface area contributed by atoms with Crippen molar-refractivity contribution in [3.8, 4) is 5.75 Å². The zero-order valence-electron chi connectivity index (χ0n) is 19.4. The van der Waals surface area contributed by atoms with Gasteiger partial charge in [0, 0.05) is 36.1 Å². The molecule has 160 valence electrons. The molecular formula is C27H36N2O. The van der Waals surface area contributed by atoms with Crippen LogP contribution in [-0.4, -0.2) is 24.4 Å². The van der Waals surface area contributed by atoms with E-state index in [2.05, 4.69) is 70.7 Å². The lowest BCUT2D eigenvalue weighted by molar-refractivity contribution is 0.444. The first-order valence-corrected chi connectivity index (χ1v) is 10.5. The van der Waals surface area contributed by atoms with Gasteiger partial charge < -0.3 is 10.0 Å². The monoisotopic (exact) mass is 404 g/mol. The van der Waals surface area contributed by atoms with Gasteiger partial charge in [-0.1, -0.05) is 59.8 Å². The third-order valence-electron chi connectivity index (χ3n) is 5.08. The summed E-state index contributed by atoms with van der Waals surface area (Å²) in [5.41, 5.74) is 4.64. The van der Waals surface area contributed by atoms with Gasteiger partial charge in [0.05, 0.1) is 5.69 Å². The molecular weight excluding hydrogens is 368 g/mol. The maximum Gasteiger partial charge on any atom is 0.128 e. The molecule has 2 rings (SSSR count). The van der Waals surface area contributed by atoms with E-state index in [4.69, 9.17) is 0 Å². The molecule has 0 fully saturated rings. The van der Waals surface area contributed by atoms with Gasteiger partial charge in [-0.2, -0.15) is 0 Å². The molecule has 0 aliphatic heterocycles. The van der Waals surface area contributed by atoms with Crippen LogP contribution in [0.25, 0.3) is 0 Å². The van der Waals surface area contributed by atoms with Crippen LogP contribution in [0, 0.1) is 0 Å². The Morgan fingerprint density at radius 3 is 1.93 bits per heavy atom. The van der Waals surface area contributed by atoms with Crippen molar-refractivity contribution in [1.82, 2.24) is 0 Å². The molecule has 0 aliphatic carbocycles. The predicted octanol–water partition coefficient (Wildman–Crippen LogP) is 6.92. The summed E-state index contributed by atoms with van der Waals surface area (Å²) in [7, 11) is 0. The molecule has 3 nitrogen and oxygen atoms in total. The van der Waals surface area contributed by atoms with E-state index >= 15 is 0 Å². The summed E-state index contributed by atoms with van der Waals surface area (Å²) >= 11 is 0. The van der Waals surface area contributed by atoms with Gasteiger partial charge in [0.2, 0.25) is 0 Å². The Kier molecular flexibility index (Phi) is 7.30. The van der Waals surface area contributed by atoms with E-state index in [-0.39, 0.29) is 10.8 Å². The number of benzene rings is 2. The van der Waals surface area contributed by atoms with Crippen LogP contribution in [0.15, 0.2) is 66.7 Å². The maximum absolute atomic E-state index is 10.9. The fourth-order valence-corrected chi connectivity index (χ4v) is 3.25. The van der Waals surface area contributed by atoms with E-state index in [0.29, 0.717) is 5.75 Å². The van der Waals surface area contributed by atoms with E-state index < -0.39 is 0 Å². The molecule has 2 aromatic carbocycles. The average Bonchev–Trinajstić information content (AvgIpc) is 2.65. The SMILES string of the molecule is C=CCN(CC=C)c1ccc(N=Cc2cc(C(C)(C)C)cc(C(C)(C)C)c2O)cc1. The third-order valence-corrected chi connectivity index (χ3v) is 5.08. The van der Waals surface area contributed by atoms with Crippen LogP contribution in [-0.2, 0) is 10.8 Å². The van der Waals surface area contributed by atoms with Gasteiger partial charge in [-0.05, 0) is 46.7 Å². The number of phenols is 1. The Bertz CT molecular complexity index is 900. The Morgan fingerprint density at radius 1 is 0.900 bits per heavy atom. The van der Waals surface area contributed by atoms with E-state index in [9.17, 15) is 5.11 Å². The molecule has 0 atom stereocenters. The highest BCUT2D eigenvalue weighted by atomic mass is 16.3. The van der Waals surface area contributed by atoms with Crippen LogP contribution in [0.5, 0.6) is 5.75 Å². The van der Waals surface area contributed by atoms with Crippen molar-refractivity contribution in [3.05, 3.63) is 78.4 Å². The standard InChI is InChI=1S/C27H36N2O/c1-9-15-29(16-10-2)23-13-11-22(12-14-23)28-19-20-17-21(26(3,4)5)18-24(25(20)30)27(6,7)8/h9-14,17-19,30H,1-2,15-16H2,3-8H3. The maximum atomic E-state index is 10.9. The molecule has 1 N–H and O–H groups in total. The Morgan fingerprint density at radius 2 is 1.47 bits per heavy atom. The highest BCUT2D eigenvalue weighted by Crippen LogP contribution is 2.37. The van der Waals surface area contributed by atoms with Crippen LogP contribution in [0.1, 0.15) is 58.2 Å². The van der Waals surface area contributed by atoms with Crippen molar-refractivity contribution in [2.24, 2.45) is 4.99 Å². The molecule has 2 aromatic rings. The van der Waals surface area contributed by atoms with Crippen molar-refractivity contribution in [3.63, 3.8) is 0 Å². The van der Waals surface area contributed by atoms with Crippen molar-refractivity contribution in [2.45, 2.75) is 52.4 Å². The highest BCUT2D eigenvalue weighted by Gasteiger charge is 2.24. The van der Waals surface area contributed by atoms with E-state index in [1.165, 1.54) is 5.56 Å². The van der Waals surface area contributed by atoms with Crippen molar-refractivity contribution in [2.75, 3.05) is 18.0 Å². The van der Waals surface area contributed by atoms with Crippen LogP contribution in [0.4, 0.5) is 11.4 Å². The molecule has 0 unspecified atom stereocenters. The quantitative estimate of drug-likeness (QED) is 0.402. The van der Waals surface area contributed by atoms with Gasteiger partial charge in [0.1, 0.15) is 5.75 Å². The number of aromatic hydroxyl groups is 1. The summed E-state index contributed by atoms with van der Waals surface area (Å²) in [4.78, 5) is 6.81. The van der Waals surface area contributed by atoms with Crippen LogP contribution < -0.4 is 4.90 Å². The first-order valence-electron chi connectivity index (χ1n) is 10.5. The summed E-state index contributed by atoms with van der Waals surface area (Å²) in [6.07, 6.45) is 5.53. The zero-order valence-corrected chi connectivity index (χ0v) is 19.4. The van der Waals surface area contributed by atoms with Gasteiger partial charge >= 0.3 is 0 Å². The van der Waals surface area contributed by atoms with E-state index in [1.807, 2.05) is 42.5 Å². The molecule has 0 saturated heterocycles. The second-order valence-corrected chi connectivity index (χ2v) is 9.72. The minimum atomic E-state index is -0.157. The lowest BCUT2D eigenvalue weighted by Crippen LogP contribution is -2.22. The van der Waals surface area contributed by atoms with Crippen molar-refractivity contribution in [1.29, 1.82) is 0 Å². The lowest BCUT2D eigenvalue weighted by atomic mass is 9.79. The Hall–Kier alpha value is -2.81. The summed E-state index contributed by atoms with van der Waals surface area (Å²) in [5.74, 6) is 0.305. The minimum Gasteiger partial charge on any atom is -0.507 e. The van der Waals surface area contributed by atoms with Gasteiger partial charge in [0.25, 0.3) is 0 Å². The number of rotatable bonds is 7. The van der Waals surface area contributed by atoms with Gasteiger partial charge in [0.15, 0.2) is 0 Å². The molecule has 0 aliphatic rings. The predicted molar refractivity (Wildman–Crippen MR) is 132 cm³/mol. The first-order chi connectivity index (χ1) is 14.0. The Balaban J connectivity index is 2.39. The highest BCUT2D eigenvalue weighted by molar-refractivity contribution is 5.87. The summed E-state index contributed by atoms with van der Waals surface area (Å²) < 4.78 is 0. The molecule has 0 aromatic heterocycles. The average molecular weight is 405 g/mol. The summed E-state index contributed by atoms with van der Waals surface area (Å²) in [6.45, 7) is 22.1. The fourth-order valence-electron chi connectivity index (χ4n) is 3.25. The molecule has 0 heterocycles. The van der Waals surface area contributed by atoms with Crippen LogP contribution in [0.2, 0.25) is 0 Å². The fraction of sp³-hybridized carbons (Fsp3) is 0.370. The van der Waals surface area contributed by atoms with E-state index in [1.54, 1.807) is 6.21 Å². The number of aliphatic imine (C=N–C) groups is 1. The second-order valence-electron chi connectivity index (χ2n) is 9.72. The van der Waals surface area contributed by atoms with Crippen LogP contribution >= 0.6 is 0 Å². The Labute approximate surface area is 182 Å². The number of hydrogen-bond acceptors (Lipinski definition) is 3. The summed E-state index contributed by atoms with van der Waals surface area (Å²) in [5, 5.41) is 10.9. The van der Waals surface area contributed by atoms with Gasteiger partial charge in [-0.25, -0.2) is 0 Å². The lowest BCUT2D eigenvalue weighted by Gasteiger charge is -2.27. The zero-order chi connectivity index (χ0) is 22.5. The molecule has 30 heavy (non-hydrogen) atoms. The topological polar surface area (TPSA) is 35.8 Å². The third kappa shape index (κ3) is 5.85. The smallest absolute Gasteiger partial charge is 0.128 e. The molecule has 0 saturated carbocycles. The molecule has 0 spiro atoms. The largest absolute Gasteiger partial charge is 0.507 e. The second kappa shape index (κ2) is 9.34. The van der Waals surface area contributed by atoms with Gasteiger partial charge in [-0.3, -0.25) is 4.99 Å². The first kappa shape index (κ1) is 23.5. The summed E-state index contributed by atoms with van der Waals surface area (Å²) in [6, 6.07) is 12.2. The molecule has 0 radical (unpaired) electrons. The molecule has 0 bridgehead atoms. The van der Waals surface area contributed by atoms with Crippen LogP contribution in [0.3, 0.4) is 0 Å². The number of anilines is 1.